The van der Waals surface area contributed by atoms with E-state index >= 15 is 0 Å². The molecule has 6 N–H and O–H groups in total. The Kier molecular flexibility index (Phi) is 626. The molecule has 0 fully saturated rings. The van der Waals surface area contributed by atoms with Crippen LogP contribution in [-0.4, -0.2) is 95.4 Å². The summed E-state index contributed by atoms with van der Waals surface area (Å²) in [6.07, 6.45) is 0. The van der Waals surface area contributed by atoms with Crippen molar-refractivity contribution in [3.05, 3.63) is 0 Å². The third-order valence-corrected chi connectivity index (χ3v) is 0. The van der Waals surface area contributed by atoms with Gasteiger partial charge in [0.05, 0.1) is 0 Å². The molecule has 0 aliphatic carbocycles. The predicted octanol–water partition coefficient (Wildman–Crippen LogP) is -5.76. The van der Waals surface area contributed by atoms with Gasteiger partial charge < -0.3 is 16.4 Å². The molecule has 6 heteroatoms. The molecule has 0 heterocycles. The Labute approximate surface area is 93.9 Å². The minimum atomic E-state index is 0. The third kappa shape index (κ3) is 31.1. The van der Waals surface area contributed by atoms with Crippen molar-refractivity contribution in [3.8, 4) is 0 Å². The van der Waals surface area contributed by atoms with Crippen LogP contribution in [0.3, 0.4) is 0 Å². The van der Waals surface area contributed by atoms with Crippen LogP contribution < -0.4 is 0 Å². The van der Waals surface area contributed by atoms with Crippen LogP contribution in [-0.2, 0) is 0 Å². The van der Waals surface area contributed by atoms with E-state index in [2.05, 4.69) is 0 Å². The summed E-state index contributed by atoms with van der Waals surface area (Å²) in [4.78, 5) is 0. The molecule has 0 aromatic carbocycles. The van der Waals surface area contributed by atoms with E-state index in [-0.39, 0.29) is 95.4 Å². The zero-order valence-corrected chi connectivity index (χ0v) is 7.70. The zero-order valence-electron chi connectivity index (χ0n) is 2.21. The van der Waals surface area contributed by atoms with Crippen molar-refractivity contribution >= 4 is 79.0 Å². The van der Waals surface area contributed by atoms with Crippen LogP contribution in [0.15, 0.2) is 0 Å². The first-order valence-electron chi connectivity index (χ1n) is 0. The maximum absolute atomic E-state index is 0. The summed E-state index contributed by atoms with van der Waals surface area (Å²) in [5.41, 5.74) is 0. The van der Waals surface area contributed by atoms with Gasteiger partial charge in [-0.05, 0) is 0 Å². The van der Waals surface area contributed by atoms with Gasteiger partial charge in [0.15, 0.2) is 0 Å². The molecule has 0 unspecified atom stereocenters. The monoisotopic (exact) mass is 500 g/mol. The Morgan fingerprint density at radius 2 is 0.500 bits per heavy atom. The molecule has 0 aliphatic heterocycles. The zero-order chi connectivity index (χ0) is 0. The summed E-state index contributed by atoms with van der Waals surface area (Å²) in [6.45, 7) is 0. The van der Waals surface area contributed by atoms with E-state index in [4.69, 9.17) is 0 Å². The van der Waals surface area contributed by atoms with Crippen molar-refractivity contribution in [3.63, 3.8) is 0 Å². The van der Waals surface area contributed by atoms with Gasteiger partial charge in [-0.2, -0.15) is 0 Å². The first-order valence-corrected chi connectivity index (χ1v) is 0. The van der Waals surface area contributed by atoms with Gasteiger partial charge in [0.2, 0.25) is 0 Å². The summed E-state index contributed by atoms with van der Waals surface area (Å²) in [5, 5.41) is 0. The normalized spacial score (nSPS) is 0. The first-order chi connectivity index (χ1) is 0. The summed E-state index contributed by atoms with van der Waals surface area (Å²) in [7, 11) is 0. The van der Waals surface area contributed by atoms with Crippen LogP contribution in [0.1, 0.15) is 0 Å². The van der Waals surface area contributed by atoms with Gasteiger partial charge in [-0.1, -0.05) is 0 Å². The van der Waals surface area contributed by atoms with Crippen LogP contribution in [0.25, 0.3) is 0 Å². The molecular formula is H14In2O3Pb. The summed E-state index contributed by atoms with van der Waals surface area (Å²) in [6, 6.07) is 0. The second-order valence-electron chi connectivity index (χ2n) is 0. The van der Waals surface area contributed by atoms with Gasteiger partial charge in [-0.25, -0.2) is 0 Å². The fourth-order valence-corrected chi connectivity index (χ4v) is 0. The van der Waals surface area contributed by atoms with Gasteiger partial charge in [0, 0.05) is 0 Å². The van der Waals surface area contributed by atoms with Crippen LogP contribution in [0, 0.1) is 0 Å². The quantitative estimate of drug-likeness (QED) is 0.298. The molecule has 0 aromatic heterocycles. The van der Waals surface area contributed by atoms with Crippen molar-refractivity contribution in [2.45, 2.75) is 0 Å². The maximum atomic E-state index is 0. The first kappa shape index (κ1) is 75.2. The van der Waals surface area contributed by atoms with Crippen LogP contribution in [0.4, 0.5) is 0 Å². The Bertz CT molecular complexity index is 8.75. The molecule has 3 nitrogen and oxygen atoms in total. The standard InChI is InChI=1S/2In.3H2O.Pb.8H/h;;3*1H2;;;;;;;;;. The molecule has 0 aliphatic rings. The molecule has 0 saturated heterocycles. The molecule has 0 saturated carbocycles. The number of rotatable bonds is 0. The van der Waals surface area contributed by atoms with Gasteiger partial charge in [0.1, 0.15) is 0 Å². The number of hydrogen-bond acceptors (Lipinski definition) is 0. The molecule has 42 valence electrons. The van der Waals surface area contributed by atoms with E-state index in [9.17, 15) is 0 Å². The Morgan fingerprint density at radius 1 is 0.500 bits per heavy atom. The van der Waals surface area contributed by atoms with Crippen molar-refractivity contribution in [1.82, 2.24) is 0 Å². The van der Waals surface area contributed by atoms with Gasteiger partial charge >= 0.3 is 79.0 Å². The Morgan fingerprint density at radius 3 is 0.500 bits per heavy atom. The molecule has 0 amide bonds. The molecular weight excluding hydrogens is 485 g/mol. The SMILES string of the molecule is O.O.O.[InH3].[InH3].[PbH2]. The molecule has 0 bridgehead atoms. The van der Waals surface area contributed by atoms with Crippen molar-refractivity contribution in [2.24, 2.45) is 0 Å². The van der Waals surface area contributed by atoms with E-state index < -0.39 is 0 Å². The molecule has 0 aromatic rings. The topological polar surface area (TPSA) is 94.5 Å². The van der Waals surface area contributed by atoms with E-state index in [0.29, 0.717) is 0 Å². The minimum absolute atomic E-state index is 0. The molecule has 2 radical (unpaired) electrons. The van der Waals surface area contributed by atoms with E-state index in [1.807, 2.05) is 0 Å². The van der Waals surface area contributed by atoms with Crippen molar-refractivity contribution in [2.75, 3.05) is 0 Å². The fourth-order valence-electron chi connectivity index (χ4n) is 0. The second kappa shape index (κ2) is 49.9. The molecule has 0 atom stereocenters. The van der Waals surface area contributed by atoms with Crippen LogP contribution in [0.5, 0.6) is 0 Å². The van der Waals surface area contributed by atoms with E-state index in [1.54, 1.807) is 0 Å². The second-order valence-corrected chi connectivity index (χ2v) is 0. The van der Waals surface area contributed by atoms with Gasteiger partial charge in [0.25, 0.3) is 0 Å². The Hall–Kier alpha value is 2.54. The third-order valence-electron chi connectivity index (χ3n) is 0. The molecule has 0 rings (SSSR count). The number of hydrogen-bond donors (Lipinski definition) is 0. The van der Waals surface area contributed by atoms with Crippen molar-refractivity contribution in [1.29, 1.82) is 0 Å². The molecule has 6 heavy (non-hydrogen) atoms. The molecule has 0 spiro atoms. The predicted molar refractivity (Wildman–Crippen MR) is 39.3 cm³/mol. The van der Waals surface area contributed by atoms with Gasteiger partial charge in [-0.15, -0.1) is 0 Å². The van der Waals surface area contributed by atoms with E-state index in [0.717, 1.165) is 0 Å². The van der Waals surface area contributed by atoms with Crippen LogP contribution >= 0.6 is 0 Å². The summed E-state index contributed by atoms with van der Waals surface area (Å²) < 4.78 is 0. The summed E-state index contributed by atoms with van der Waals surface area (Å²) >= 11 is 0. The van der Waals surface area contributed by atoms with Crippen molar-refractivity contribution < 1.29 is 16.4 Å². The van der Waals surface area contributed by atoms with Gasteiger partial charge in [-0.3, -0.25) is 0 Å². The average molecular weight is 499 g/mol. The fraction of sp³-hybridized carbons (Fsp3) is 0. The van der Waals surface area contributed by atoms with Crippen LogP contribution in [0.2, 0.25) is 0 Å². The van der Waals surface area contributed by atoms with E-state index in [1.165, 1.54) is 0 Å². The average Bonchev–Trinajstić information content (AvgIpc) is 0. The Balaban J connectivity index is 0. The summed E-state index contributed by atoms with van der Waals surface area (Å²) in [5.74, 6) is 0.